The van der Waals surface area contributed by atoms with Crippen LogP contribution in [0.2, 0.25) is 0 Å². The van der Waals surface area contributed by atoms with Crippen LogP contribution in [0.25, 0.3) is 0 Å². The normalized spacial score (nSPS) is 19.1. The molecule has 154 valence electrons. The second kappa shape index (κ2) is 8.14. The van der Waals surface area contributed by atoms with Gasteiger partial charge in [-0.25, -0.2) is 0 Å². The van der Waals surface area contributed by atoms with Gasteiger partial charge in [0.25, 0.3) is 0 Å². The Labute approximate surface area is 169 Å². The van der Waals surface area contributed by atoms with Crippen LogP contribution in [0, 0.1) is 25.2 Å². The zero-order valence-electron chi connectivity index (χ0n) is 18.1. The first-order chi connectivity index (χ1) is 13.2. The number of benzene rings is 1. The van der Waals surface area contributed by atoms with Gasteiger partial charge >= 0.3 is 0 Å². The van der Waals surface area contributed by atoms with Crippen molar-refractivity contribution >= 4 is 17.5 Å². The number of nitrogens with zero attached hydrogens (tertiary/aromatic N) is 3. The Morgan fingerprint density at radius 2 is 1.50 bits per heavy atom. The van der Waals surface area contributed by atoms with Gasteiger partial charge in [-0.2, -0.15) is 0 Å². The monoisotopic (exact) mass is 385 g/mol. The van der Waals surface area contributed by atoms with E-state index >= 15 is 0 Å². The Balaban J connectivity index is 1.52. The molecule has 5 heteroatoms. The first-order valence-electron chi connectivity index (χ1n) is 10.6. The molecule has 0 atom stereocenters. The fraction of sp³-hybridized carbons (Fsp3) is 0.652. The van der Waals surface area contributed by atoms with Gasteiger partial charge in [-0.05, 0) is 43.9 Å². The lowest BCUT2D eigenvalue weighted by atomic mass is 9.90. The van der Waals surface area contributed by atoms with Crippen LogP contribution in [0.15, 0.2) is 18.2 Å². The number of carbonyl (C=O) groups excluding carboxylic acids is 2. The quantitative estimate of drug-likeness (QED) is 0.785. The van der Waals surface area contributed by atoms with E-state index in [0.717, 1.165) is 39.0 Å². The van der Waals surface area contributed by atoms with Gasteiger partial charge < -0.3 is 14.7 Å². The zero-order valence-corrected chi connectivity index (χ0v) is 18.1. The summed E-state index contributed by atoms with van der Waals surface area (Å²) >= 11 is 0. The van der Waals surface area contributed by atoms with E-state index in [9.17, 15) is 9.59 Å². The number of amides is 2. The number of carbonyl (C=O) groups is 2. The third-order valence-electron chi connectivity index (χ3n) is 6.28. The number of rotatable bonds is 2. The molecule has 0 N–H and O–H groups in total. The van der Waals surface area contributed by atoms with Crippen LogP contribution in [0.3, 0.4) is 0 Å². The van der Waals surface area contributed by atoms with E-state index in [0.29, 0.717) is 13.1 Å². The molecular formula is C23H35N3O2. The number of piperazine rings is 1. The zero-order chi connectivity index (χ0) is 20.5. The highest BCUT2D eigenvalue weighted by Gasteiger charge is 2.34. The molecule has 1 aromatic rings. The minimum absolute atomic E-state index is 0.0660. The van der Waals surface area contributed by atoms with Crippen molar-refractivity contribution in [2.45, 2.75) is 47.5 Å². The van der Waals surface area contributed by atoms with Crippen molar-refractivity contribution in [3.8, 4) is 0 Å². The molecule has 0 unspecified atom stereocenters. The molecule has 0 spiro atoms. The fourth-order valence-corrected chi connectivity index (χ4v) is 4.31. The Morgan fingerprint density at radius 3 is 2.07 bits per heavy atom. The Hall–Kier alpha value is -2.04. The number of hydrogen-bond donors (Lipinski definition) is 0. The van der Waals surface area contributed by atoms with Crippen LogP contribution in [0.5, 0.6) is 0 Å². The van der Waals surface area contributed by atoms with Crippen LogP contribution in [0.1, 0.15) is 44.7 Å². The van der Waals surface area contributed by atoms with Gasteiger partial charge in [-0.1, -0.05) is 32.9 Å². The highest BCUT2D eigenvalue weighted by Crippen LogP contribution is 2.27. The lowest BCUT2D eigenvalue weighted by Gasteiger charge is -2.40. The van der Waals surface area contributed by atoms with Crippen molar-refractivity contribution < 1.29 is 9.59 Å². The molecule has 1 aromatic carbocycles. The first kappa shape index (κ1) is 20.7. The maximum absolute atomic E-state index is 13.0. The van der Waals surface area contributed by atoms with Gasteiger partial charge in [-0.15, -0.1) is 0 Å². The average molecular weight is 386 g/mol. The number of hydrogen-bond acceptors (Lipinski definition) is 3. The molecular weight excluding hydrogens is 350 g/mol. The van der Waals surface area contributed by atoms with E-state index in [1.807, 2.05) is 30.6 Å². The van der Waals surface area contributed by atoms with E-state index in [1.165, 1.54) is 16.8 Å². The van der Waals surface area contributed by atoms with Crippen molar-refractivity contribution in [3.63, 3.8) is 0 Å². The van der Waals surface area contributed by atoms with E-state index in [2.05, 4.69) is 36.9 Å². The van der Waals surface area contributed by atoms with Gasteiger partial charge in [0.05, 0.1) is 0 Å². The van der Waals surface area contributed by atoms with E-state index in [4.69, 9.17) is 0 Å². The van der Waals surface area contributed by atoms with Gasteiger partial charge in [0.1, 0.15) is 0 Å². The number of anilines is 1. The van der Waals surface area contributed by atoms with Crippen LogP contribution < -0.4 is 4.90 Å². The summed E-state index contributed by atoms with van der Waals surface area (Å²) in [5, 5.41) is 0. The van der Waals surface area contributed by atoms with Crippen molar-refractivity contribution in [1.29, 1.82) is 0 Å². The molecule has 0 aromatic heterocycles. The van der Waals surface area contributed by atoms with E-state index < -0.39 is 0 Å². The topological polar surface area (TPSA) is 43.9 Å². The predicted molar refractivity (Wildman–Crippen MR) is 113 cm³/mol. The summed E-state index contributed by atoms with van der Waals surface area (Å²) in [6.07, 6.45) is 1.58. The summed E-state index contributed by atoms with van der Waals surface area (Å²) in [6, 6.07) is 6.44. The number of piperidine rings is 1. The molecule has 2 amide bonds. The molecule has 0 radical (unpaired) electrons. The van der Waals surface area contributed by atoms with Crippen molar-refractivity contribution in [1.82, 2.24) is 9.80 Å². The van der Waals surface area contributed by atoms with Crippen molar-refractivity contribution in [3.05, 3.63) is 29.3 Å². The van der Waals surface area contributed by atoms with Crippen LogP contribution in [-0.2, 0) is 9.59 Å². The van der Waals surface area contributed by atoms with Gasteiger partial charge in [0.2, 0.25) is 11.8 Å². The Bertz CT molecular complexity index is 722. The number of aryl methyl sites for hydroxylation is 1. The Morgan fingerprint density at radius 1 is 0.893 bits per heavy atom. The molecule has 2 fully saturated rings. The summed E-state index contributed by atoms with van der Waals surface area (Å²) in [4.78, 5) is 31.8. The van der Waals surface area contributed by atoms with Crippen molar-refractivity contribution in [2.24, 2.45) is 11.3 Å². The first-order valence-corrected chi connectivity index (χ1v) is 10.6. The molecule has 5 nitrogen and oxygen atoms in total. The SMILES string of the molecule is Cc1cccc(N2CCN(C(=O)C3CCN(C(=O)C(C)(C)C)CC3)CC2)c1C. The molecule has 2 aliphatic rings. The van der Waals surface area contributed by atoms with Gasteiger partial charge in [0, 0.05) is 56.3 Å². The van der Waals surface area contributed by atoms with Crippen LogP contribution in [-0.4, -0.2) is 60.9 Å². The molecule has 2 saturated heterocycles. The van der Waals surface area contributed by atoms with Gasteiger partial charge in [-0.3, -0.25) is 9.59 Å². The maximum atomic E-state index is 13.0. The minimum atomic E-state index is -0.346. The number of likely N-dealkylation sites (tertiary alicyclic amines) is 1. The fourth-order valence-electron chi connectivity index (χ4n) is 4.31. The minimum Gasteiger partial charge on any atom is -0.368 e. The predicted octanol–water partition coefficient (Wildman–Crippen LogP) is 3.24. The second-order valence-electron chi connectivity index (χ2n) is 9.35. The summed E-state index contributed by atoms with van der Waals surface area (Å²) in [5.74, 6) is 0.542. The third-order valence-corrected chi connectivity index (χ3v) is 6.28. The molecule has 2 aliphatic heterocycles. The summed E-state index contributed by atoms with van der Waals surface area (Å²) in [5.41, 5.74) is 3.59. The molecule has 0 aliphatic carbocycles. The largest absolute Gasteiger partial charge is 0.368 e. The second-order valence-corrected chi connectivity index (χ2v) is 9.35. The van der Waals surface area contributed by atoms with Crippen molar-refractivity contribution in [2.75, 3.05) is 44.2 Å². The average Bonchev–Trinajstić information content (AvgIpc) is 2.68. The molecule has 0 saturated carbocycles. The third kappa shape index (κ3) is 4.34. The van der Waals surface area contributed by atoms with E-state index in [1.54, 1.807) is 0 Å². The molecule has 2 heterocycles. The molecule has 28 heavy (non-hydrogen) atoms. The van der Waals surface area contributed by atoms with E-state index in [-0.39, 0.29) is 23.1 Å². The highest BCUT2D eigenvalue weighted by atomic mass is 16.2. The van der Waals surface area contributed by atoms with Gasteiger partial charge in [0.15, 0.2) is 0 Å². The molecule has 0 bridgehead atoms. The maximum Gasteiger partial charge on any atom is 0.227 e. The van der Waals surface area contributed by atoms with Crippen LogP contribution >= 0.6 is 0 Å². The standard InChI is InChI=1S/C23H35N3O2/c1-17-7-6-8-20(18(17)2)24-13-15-25(16-14-24)21(27)19-9-11-26(12-10-19)22(28)23(3,4)5/h6-8,19H,9-16H2,1-5H3. The molecule has 3 rings (SSSR count). The van der Waals surface area contributed by atoms with Crippen LogP contribution in [0.4, 0.5) is 5.69 Å². The lowest BCUT2D eigenvalue weighted by Crippen LogP contribution is -2.52. The Kier molecular flexibility index (Phi) is 6.01. The lowest BCUT2D eigenvalue weighted by molar-refractivity contribution is -0.145. The highest BCUT2D eigenvalue weighted by molar-refractivity contribution is 5.83. The summed E-state index contributed by atoms with van der Waals surface area (Å²) < 4.78 is 0. The summed E-state index contributed by atoms with van der Waals surface area (Å²) in [6.45, 7) is 15.0. The smallest absolute Gasteiger partial charge is 0.227 e. The summed E-state index contributed by atoms with van der Waals surface area (Å²) in [7, 11) is 0.